The van der Waals surface area contributed by atoms with Gasteiger partial charge in [0.15, 0.2) is 0 Å². The molecule has 0 fully saturated rings. The van der Waals surface area contributed by atoms with E-state index in [0.717, 1.165) is 34.1 Å². The molecule has 0 atom stereocenters. The Labute approximate surface area is 363 Å². The van der Waals surface area contributed by atoms with Crippen molar-refractivity contribution in [3.05, 3.63) is 242 Å². The number of hydrogen-bond acceptors (Lipinski definition) is 2. The fraction of sp³-hybridized carbons (Fsp3) is 0.0333. The molecule has 2 nitrogen and oxygen atoms in total. The van der Waals surface area contributed by atoms with Crippen molar-refractivity contribution in [2.24, 2.45) is 0 Å². The van der Waals surface area contributed by atoms with E-state index in [1.165, 1.54) is 76.8 Å². The molecule has 0 aliphatic rings. The van der Waals surface area contributed by atoms with Crippen molar-refractivity contribution in [1.82, 2.24) is 0 Å². The Morgan fingerprint density at radius 2 is 0.629 bits per heavy atom. The topological polar surface area (TPSA) is 6.48 Å². The third kappa shape index (κ3) is 6.54. The third-order valence-corrected chi connectivity index (χ3v) is 12.4. The Morgan fingerprint density at radius 1 is 0.258 bits per heavy atom. The van der Waals surface area contributed by atoms with Crippen LogP contribution >= 0.6 is 0 Å². The van der Waals surface area contributed by atoms with E-state index in [9.17, 15) is 0 Å². The normalized spacial score (nSPS) is 11.4. The highest BCUT2D eigenvalue weighted by Crippen LogP contribution is 2.52. The van der Waals surface area contributed by atoms with Crippen LogP contribution in [0.25, 0.3) is 65.7 Å². The van der Waals surface area contributed by atoms with Crippen LogP contribution in [0.2, 0.25) is 0 Å². The minimum atomic E-state index is 1.10. The number of aryl methyl sites for hydroxylation is 2. The van der Waals surface area contributed by atoms with Crippen molar-refractivity contribution < 1.29 is 0 Å². The van der Waals surface area contributed by atoms with Crippen LogP contribution in [0, 0.1) is 13.8 Å². The van der Waals surface area contributed by atoms with Gasteiger partial charge in [0.1, 0.15) is 0 Å². The van der Waals surface area contributed by atoms with Gasteiger partial charge < -0.3 is 9.80 Å². The average molecular weight is 793 g/mol. The summed E-state index contributed by atoms with van der Waals surface area (Å²) >= 11 is 0. The molecule has 0 aromatic heterocycles. The largest absolute Gasteiger partial charge is 0.310 e. The Balaban J connectivity index is 1.26. The van der Waals surface area contributed by atoms with Gasteiger partial charge >= 0.3 is 0 Å². The molecule has 0 saturated carbocycles. The standard InChI is InChI=1S/C60H44N2/c1-41-28-30-46(43-18-8-3-9-19-43)38-55(41)61(51-24-14-6-15-25-51)57-40-58(62(52-26-16-7-17-27-52)56-39-47(31-29-42(56)2)44-20-10-4-11-21-44)54-35-33-49-37-50(45-22-12-5-13-23-45)36-48-32-34-53(57)60(54)59(48)49/h3-40H,1-2H3. The summed E-state index contributed by atoms with van der Waals surface area (Å²) in [5, 5.41) is 7.38. The summed E-state index contributed by atoms with van der Waals surface area (Å²) in [4.78, 5) is 4.98. The zero-order chi connectivity index (χ0) is 41.6. The molecule has 0 heterocycles. The Bertz CT molecular complexity index is 3140. The molecule has 11 aromatic carbocycles. The molecule has 11 rings (SSSR count). The lowest BCUT2D eigenvalue weighted by Crippen LogP contribution is -2.16. The lowest BCUT2D eigenvalue weighted by Gasteiger charge is -2.33. The molecule has 0 unspecified atom stereocenters. The predicted molar refractivity (Wildman–Crippen MR) is 265 cm³/mol. The Morgan fingerprint density at radius 3 is 1.03 bits per heavy atom. The van der Waals surface area contributed by atoms with Crippen molar-refractivity contribution >= 4 is 66.4 Å². The van der Waals surface area contributed by atoms with Crippen LogP contribution in [0.15, 0.2) is 231 Å². The van der Waals surface area contributed by atoms with Crippen molar-refractivity contribution in [2.45, 2.75) is 13.8 Å². The second kappa shape index (κ2) is 15.6. The minimum absolute atomic E-state index is 1.10. The van der Waals surface area contributed by atoms with Crippen LogP contribution in [0.4, 0.5) is 34.1 Å². The smallest absolute Gasteiger partial charge is 0.0561 e. The lowest BCUT2D eigenvalue weighted by atomic mass is 9.89. The summed E-state index contributed by atoms with van der Waals surface area (Å²) in [6, 6.07) is 84.2. The van der Waals surface area contributed by atoms with Gasteiger partial charge in [0.05, 0.1) is 11.4 Å². The van der Waals surface area contributed by atoms with Crippen molar-refractivity contribution in [1.29, 1.82) is 0 Å². The van der Waals surface area contributed by atoms with Gasteiger partial charge in [-0.2, -0.15) is 0 Å². The third-order valence-electron chi connectivity index (χ3n) is 12.4. The first-order chi connectivity index (χ1) is 30.6. The molecule has 0 N–H and O–H groups in total. The zero-order valence-electron chi connectivity index (χ0n) is 34.8. The van der Waals surface area contributed by atoms with Gasteiger partial charge in [0.25, 0.3) is 0 Å². The van der Waals surface area contributed by atoms with E-state index < -0.39 is 0 Å². The molecule has 11 aromatic rings. The highest BCUT2D eigenvalue weighted by atomic mass is 15.2. The lowest BCUT2D eigenvalue weighted by molar-refractivity contribution is 1.24. The Kier molecular flexibility index (Phi) is 9.32. The quantitative estimate of drug-likeness (QED) is 0.134. The van der Waals surface area contributed by atoms with E-state index in [1.807, 2.05) is 0 Å². The number of para-hydroxylation sites is 2. The van der Waals surface area contributed by atoms with Gasteiger partial charge in [-0.1, -0.05) is 176 Å². The van der Waals surface area contributed by atoms with E-state index in [0.29, 0.717) is 0 Å². The van der Waals surface area contributed by atoms with Gasteiger partial charge in [-0.25, -0.2) is 0 Å². The average Bonchev–Trinajstić information content (AvgIpc) is 3.34. The van der Waals surface area contributed by atoms with Crippen LogP contribution < -0.4 is 9.80 Å². The molecule has 0 spiro atoms. The molecule has 0 aliphatic heterocycles. The van der Waals surface area contributed by atoms with E-state index in [4.69, 9.17) is 0 Å². The Hall–Kier alpha value is -7.94. The first-order valence-electron chi connectivity index (χ1n) is 21.4. The fourth-order valence-electron chi connectivity index (χ4n) is 9.34. The maximum Gasteiger partial charge on any atom is 0.0561 e. The molecular weight excluding hydrogens is 749 g/mol. The summed E-state index contributed by atoms with van der Waals surface area (Å²) < 4.78 is 0. The fourth-order valence-corrected chi connectivity index (χ4v) is 9.34. The first-order valence-corrected chi connectivity index (χ1v) is 21.4. The first kappa shape index (κ1) is 37.1. The van der Waals surface area contributed by atoms with Crippen LogP contribution in [-0.4, -0.2) is 0 Å². The van der Waals surface area contributed by atoms with Crippen molar-refractivity contribution in [2.75, 3.05) is 9.80 Å². The number of rotatable bonds is 9. The van der Waals surface area contributed by atoms with Gasteiger partial charge in [-0.05, 0) is 129 Å². The van der Waals surface area contributed by atoms with Crippen LogP contribution in [0.5, 0.6) is 0 Å². The van der Waals surface area contributed by atoms with Crippen molar-refractivity contribution in [3.63, 3.8) is 0 Å². The van der Waals surface area contributed by atoms with E-state index >= 15 is 0 Å². The molecule has 294 valence electrons. The van der Waals surface area contributed by atoms with Crippen LogP contribution in [-0.2, 0) is 0 Å². The molecule has 0 saturated heterocycles. The van der Waals surface area contributed by atoms with Gasteiger partial charge in [-0.3, -0.25) is 0 Å². The molecular formula is C60H44N2. The minimum Gasteiger partial charge on any atom is -0.310 e. The number of nitrogens with zero attached hydrogens (tertiary/aromatic N) is 2. The maximum atomic E-state index is 2.49. The molecule has 2 heteroatoms. The van der Waals surface area contributed by atoms with Crippen molar-refractivity contribution in [3.8, 4) is 33.4 Å². The number of hydrogen-bond donors (Lipinski definition) is 0. The highest BCUT2D eigenvalue weighted by Gasteiger charge is 2.26. The second-order valence-electron chi connectivity index (χ2n) is 16.3. The number of anilines is 6. The summed E-state index contributed by atoms with van der Waals surface area (Å²) in [6.07, 6.45) is 0. The van der Waals surface area contributed by atoms with Crippen LogP contribution in [0.1, 0.15) is 11.1 Å². The summed E-state index contributed by atoms with van der Waals surface area (Å²) in [6.45, 7) is 4.47. The van der Waals surface area contributed by atoms with Crippen LogP contribution in [0.3, 0.4) is 0 Å². The highest BCUT2D eigenvalue weighted by molar-refractivity contribution is 6.29. The zero-order valence-corrected chi connectivity index (χ0v) is 34.8. The van der Waals surface area contributed by atoms with E-state index in [1.54, 1.807) is 0 Å². The maximum absolute atomic E-state index is 2.49. The molecule has 0 aliphatic carbocycles. The second-order valence-corrected chi connectivity index (χ2v) is 16.3. The molecule has 0 radical (unpaired) electrons. The molecule has 0 bridgehead atoms. The SMILES string of the molecule is Cc1ccc(-c2ccccc2)cc1N(c1ccccc1)c1cc(N(c2ccccc2)c2cc(-c3ccccc3)ccc2C)c2ccc3cc(-c4ccccc4)cc4ccc1c2c43. The number of benzene rings is 11. The summed E-state index contributed by atoms with van der Waals surface area (Å²) in [5.74, 6) is 0. The van der Waals surface area contributed by atoms with Gasteiger partial charge in [0.2, 0.25) is 0 Å². The summed E-state index contributed by atoms with van der Waals surface area (Å²) in [5.41, 5.74) is 16.3. The molecule has 62 heavy (non-hydrogen) atoms. The summed E-state index contributed by atoms with van der Waals surface area (Å²) in [7, 11) is 0. The van der Waals surface area contributed by atoms with E-state index in [2.05, 4.69) is 254 Å². The van der Waals surface area contributed by atoms with E-state index in [-0.39, 0.29) is 0 Å². The predicted octanol–water partition coefficient (Wildman–Crippen LogP) is 17.1. The van der Waals surface area contributed by atoms with Gasteiger partial charge in [0, 0.05) is 38.9 Å². The van der Waals surface area contributed by atoms with Gasteiger partial charge in [-0.15, -0.1) is 0 Å². The monoisotopic (exact) mass is 792 g/mol. The molecule has 0 amide bonds.